The van der Waals surface area contributed by atoms with Crippen molar-refractivity contribution in [3.63, 3.8) is 0 Å². The average Bonchev–Trinajstić information content (AvgIpc) is 3.62. The number of fused-ring (bicyclic) bond motifs is 2. The molecule has 0 radical (unpaired) electrons. The number of hydrogen-bond donors (Lipinski definition) is 1. The molecule has 4 aromatic rings. The SMILES string of the molecule is CC(C)(C)OC(=O)n1c(-c2cc(-c3cccs3)cc3c2C(=O)NC3)cc2cc(CN3CCCCC3)ccc21. The van der Waals surface area contributed by atoms with Crippen LogP contribution in [0, 0.1) is 0 Å². The molecule has 6 rings (SSSR count). The summed E-state index contributed by atoms with van der Waals surface area (Å²) >= 11 is 1.66. The summed E-state index contributed by atoms with van der Waals surface area (Å²) in [6.07, 6.45) is 3.35. The Hall–Kier alpha value is -3.42. The van der Waals surface area contributed by atoms with Crippen molar-refractivity contribution in [1.82, 2.24) is 14.8 Å². The van der Waals surface area contributed by atoms with Crippen molar-refractivity contribution >= 4 is 34.2 Å². The number of nitrogens with zero attached hydrogens (tertiary/aromatic N) is 2. The number of thiophene rings is 1. The number of likely N-dealkylation sites (tertiary alicyclic amines) is 1. The maximum absolute atomic E-state index is 13.7. The molecule has 196 valence electrons. The van der Waals surface area contributed by atoms with Gasteiger partial charge in [0.25, 0.3) is 5.91 Å². The van der Waals surface area contributed by atoms with Crippen LogP contribution in [-0.4, -0.2) is 40.2 Å². The van der Waals surface area contributed by atoms with Gasteiger partial charge in [0.05, 0.1) is 16.8 Å². The van der Waals surface area contributed by atoms with Crippen LogP contribution >= 0.6 is 11.3 Å². The van der Waals surface area contributed by atoms with Gasteiger partial charge in [-0.15, -0.1) is 11.3 Å². The molecule has 38 heavy (non-hydrogen) atoms. The predicted molar refractivity (Wildman–Crippen MR) is 153 cm³/mol. The lowest BCUT2D eigenvalue weighted by molar-refractivity contribution is 0.0547. The van der Waals surface area contributed by atoms with Crippen molar-refractivity contribution in [1.29, 1.82) is 0 Å². The van der Waals surface area contributed by atoms with Crippen molar-refractivity contribution in [3.8, 4) is 21.7 Å². The zero-order valence-electron chi connectivity index (χ0n) is 22.2. The first kappa shape index (κ1) is 24.9. The molecule has 0 bridgehead atoms. The predicted octanol–water partition coefficient (Wildman–Crippen LogP) is 7.05. The van der Waals surface area contributed by atoms with E-state index in [-0.39, 0.29) is 5.91 Å². The van der Waals surface area contributed by atoms with Crippen LogP contribution in [0.3, 0.4) is 0 Å². The molecule has 0 atom stereocenters. The van der Waals surface area contributed by atoms with E-state index < -0.39 is 11.7 Å². The van der Waals surface area contributed by atoms with Gasteiger partial charge in [-0.25, -0.2) is 9.36 Å². The lowest BCUT2D eigenvalue weighted by Crippen LogP contribution is -2.29. The summed E-state index contributed by atoms with van der Waals surface area (Å²) in [6.45, 7) is 9.24. The zero-order chi connectivity index (χ0) is 26.4. The Morgan fingerprint density at radius 3 is 2.61 bits per heavy atom. The Morgan fingerprint density at radius 1 is 1.05 bits per heavy atom. The lowest BCUT2D eigenvalue weighted by atomic mass is 9.96. The number of ether oxygens (including phenoxy) is 1. The number of nitrogens with one attached hydrogen (secondary N) is 1. The number of rotatable bonds is 4. The minimum Gasteiger partial charge on any atom is -0.443 e. The second kappa shape index (κ2) is 9.71. The van der Waals surface area contributed by atoms with Gasteiger partial charge in [-0.3, -0.25) is 9.69 Å². The van der Waals surface area contributed by atoms with Gasteiger partial charge in [0.2, 0.25) is 0 Å². The number of aromatic nitrogens is 1. The number of piperidine rings is 1. The van der Waals surface area contributed by atoms with Gasteiger partial charge in [0.15, 0.2) is 0 Å². The fourth-order valence-corrected chi connectivity index (χ4v) is 6.32. The summed E-state index contributed by atoms with van der Waals surface area (Å²) in [5.41, 5.74) is 5.40. The van der Waals surface area contributed by atoms with Gasteiger partial charge >= 0.3 is 6.09 Å². The molecule has 1 saturated heterocycles. The molecule has 0 aliphatic carbocycles. The van der Waals surface area contributed by atoms with Gasteiger partial charge in [-0.2, -0.15) is 0 Å². The molecular weight excluding hydrogens is 494 g/mol. The van der Waals surface area contributed by atoms with Gasteiger partial charge in [0, 0.05) is 28.9 Å². The van der Waals surface area contributed by atoms with Crippen molar-refractivity contribution in [2.24, 2.45) is 0 Å². The first-order valence-corrected chi connectivity index (χ1v) is 14.2. The molecule has 4 heterocycles. The highest BCUT2D eigenvalue weighted by Gasteiger charge is 2.29. The maximum Gasteiger partial charge on any atom is 0.419 e. The van der Waals surface area contributed by atoms with Crippen molar-refractivity contribution in [3.05, 3.63) is 70.6 Å². The van der Waals surface area contributed by atoms with Gasteiger partial charge in [-0.1, -0.05) is 18.6 Å². The molecule has 2 aliphatic heterocycles. The Kier molecular flexibility index (Phi) is 6.36. The Balaban J connectivity index is 1.52. The molecule has 0 saturated carbocycles. The van der Waals surface area contributed by atoms with E-state index >= 15 is 0 Å². The van der Waals surface area contributed by atoms with Crippen molar-refractivity contribution in [2.75, 3.05) is 13.1 Å². The van der Waals surface area contributed by atoms with Crippen LogP contribution in [-0.2, 0) is 17.8 Å². The third kappa shape index (κ3) is 4.76. The van der Waals surface area contributed by atoms with E-state index in [2.05, 4.69) is 34.5 Å². The highest BCUT2D eigenvalue weighted by atomic mass is 32.1. The lowest BCUT2D eigenvalue weighted by Gasteiger charge is -2.26. The summed E-state index contributed by atoms with van der Waals surface area (Å²) in [4.78, 5) is 30.3. The second-order valence-electron chi connectivity index (χ2n) is 11.3. The molecule has 1 amide bonds. The molecule has 2 aromatic carbocycles. The molecule has 2 aromatic heterocycles. The highest BCUT2D eigenvalue weighted by molar-refractivity contribution is 7.13. The number of carbonyl (C=O) groups excluding carboxylic acids is 2. The minimum atomic E-state index is -0.655. The number of benzene rings is 2. The zero-order valence-corrected chi connectivity index (χ0v) is 23.0. The molecule has 2 aliphatic rings. The fourth-order valence-electron chi connectivity index (χ4n) is 5.60. The fraction of sp³-hybridized carbons (Fsp3) is 0.355. The van der Waals surface area contributed by atoms with E-state index in [4.69, 9.17) is 4.74 Å². The summed E-state index contributed by atoms with van der Waals surface area (Å²) in [6, 6.07) is 16.6. The molecule has 0 spiro atoms. The van der Waals surface area contributed by atoms with Crippen LogP contribution in [0.15, 0.2) is 53.9 Å². The van der Waals surface area contributed by atoms with Crippen LogP contribution in [0.25, 0.3) is 32.6 Å². The average molecular weight is 528 g/mol. The van der Waals surface area contributed by atoms with Gasteiger partial charge < -0.3 is 10.1 Å². The Labute approximate surface area is 227 Å². The second-order valence-corrected chi connectivity index (χ2v) is 12.2. The summed E-state index contributed by atoms with van der Waals surface area (Å²) in [5.74, 6) is -0.112. The third-order valence-electron chi connectivity index (χ3n) is 7.27. The summed E-state index contributed by atoms with van der Waals surface area (Å²) < 4.78 is 7.51. The van der Waals surface area contributed by atoms with Crippen molar-refractivity contribution in [2.45, 2.75) is 58.7 Å². The molecule has 0 unspecified atom stereocenters. The van der Waals surface area contributed by atoms with Crippen LogP contribution in [0.1, 0.15) is 61.5 Å². The minimum absolute atomic E-state index is 0.112. The van der Waals surface area contributed by atoms with E-state index in [9.17, 15) is 9.59 Å². The molecule has 6 nitrogen and oxygen atoms in total. The molecule has 7 heteroatoms. The van der Waals surface area contributed by atoms with Crippen LogP contribution in [0.5, 0.6) is 0 Å². The van der Waals surface area contributed by atoms with Crippen LogP contribution < -0.4 is 5.32 Å². The number of hydrogen-bond acceptors (Lipinski definition) is 5. The monoisotopic (exact) mass is 527 g/mol. The molecule has 1 N–H and O–H groups in total. The third-order valence-corrected chi connectivity index (χ3v) is 8.18. The van der Waals surface area contributed by atoms with Gasteiger partial charge in [-0.05, 0) is 105 Å². The van der Waals surface area contributed by atoms with Crippen molar-refractivity contribution < 1.29 is 14.3 Å². The van der Waals surface area contributed by atoms with Gasteiger partial charge in [0.1, 0.15) is 5.60 Å². The maximum atomic E-state index is 13.7. The first-order valence-electron chi connectivity index (χ1n) is 13.4. The standard InChI is InChI=1S/C31H33N3O3S/c1-31(2,3)37-30(36)34-25-10-9-20(19-33-11-5-4-6-12-33)14-21(25)17-26(34)24-16-22(27-8-7-13-38-27)15-23-18-32-29(35)28(23)24/h7-10,13-17H,4-6,11-12,18-19H2,1-3H3,(H,32,35). The normalized spacial score (nSPS) is 16.0. The highest BCUT2D eigenvalue weighted by Crippen LogP contribution is 2.39. The largest absolute Gasteiger partial charge is 0.443 e. The molecule has 1 fully saturated rings. The summed E-state index contributed by atoms with van der Waals surface area (Å²) in [7, 11) is 0. The Bertz CT molecular complexity index is 1520. The van der Waals surface area contributed by atoms with E-state index in [1.54, 1.807) is 15.9 Å². The van der Waals surface area contributed by atoms with Crippen LogP contribution in [0.2, 0.25) is 0 Å². The quantitative estimate of drug-likeness (QED) is 0.309. The van der Waals surface area contributed by atoms with E-state index in [0.717, 1.165) is 52.1 Å². The number of carbonyl (C=O) groups is 2. The van der Waals surface area contributed by atoms with E-state index in [0.29, 0.717) is 17.8 Å². The first-order chi connectivity index (χ1) is 18.3. The van der Waals surface area contributed by atoms with E-state index in [1.165, 1.54) is 24.8 Å². The van der Waals surface area contributed by atoms with E-state index in [1.807, 2.05) is 50.4 Å². The summed E-state index contributed by atoms with van der Waals surface area (Å²) in [5, 5.41) is 5.99. The smallest absolute Gasteiger partial charge is 0.419 e. The number of amides is 1. The van der Waals surface area contributed by atoms with Crippen LogP contribution in [0.4, 0.5) is 4.79 Å². The Morgan fingerprint density at radius 2 is 1.87 bits per heavy atom. The molecular formula is C31H33N3O3S. The topological polar surface area (TPSA) is 63.6 Å².